The number of hydrogen-bond donors (Lipinski definition) is 2. The Hall–Kier alpha value is -1.72. The molecule has 5 heteroatoms. The van der Waals surface area contributed by atoms with Gasteiger partial charge in [0.05, 0.1) is 31.1 Å². The Morgan fingerprint density at radius 1 is 1.26 bits per heavy atom. The van der Waals surface area contributed by atoms with Crippen molar-refractivity contribution >= 4 is 0 Å². The maximum Gasteiger partial charge on any atom is 0.0994 e. The summed E-state index contributed by atoms with van der Waals surface area (Å²) < 4.78 is 1.79. The van der Waals surface area contributed by atoms with Gasteiger partial charge in [-0.05, 0) is 17.5 Å². The highest BCUT2D eigenvalue weighted by molar-refractivity contribution is 5.22. The van der Waals surface area contributed by atoms with E-state index in [0.717, 1.165) is 29.7 Å². The summed E-state index contributed by atoms with van der Waals surface area (Å²) in [7, 11) is 0. The average Bonchev–Trinajstić information content (AvgIpc) is 2.88. The number of rotatable bonds is 6. The molecule has 0 spiro atoms. The molecule has 0 amide bonds. The number of aliphatic hydroxyl groups excluding tert-OH is 1. The van der Waals surface area contributed by atoms with Crippen molar-refractivity contribution in [3.05, 3.63) is 47.3 Å². The van der Waals surface area contributed by atoms with Crippen molar-refractivity contribution in [2.45, 2.75) is 39.0 Å². The van der Waals surface area contributed by atoms with Crippen molar-refractivity contribution in [1.29, 1.82) is 0 Å². The first-order valence-electron chi connectivity index (χ1n) is 6.57. The van der Waals surface area contributed by atoms with E-state index >= 15 is 0 Å². The summed E-state index contributed by atoms with van der Waals surface area (Å²) in [4.78, 5) is 0. The maximum atomic E-state index is 8.99. The number of nitrogens with zero attached hydrogens (tertiary/aromatic N) is 3. The van der Waals surface area contributed by atoms with Gasteiger partial charge < -0.3 is 10.8 Å². The summed E-state index contributed by atoms with van der Waals surface area (Å²) in [6, 6.07) is 7.76. The third-order valence-electron chi connectivity index (χ3n) is 3.09. The second-order valence-corrected chi connectivity index (χ2v) is 4.71. The fourth-order valence-corrected chi connectivity index (χ4v) is 1.96. The molecule has 3 N–H and O–H groups in total. The van der Waals surface area contributed by atoms with Crippen LogP contribution in [0.4, 0.5) is 0 Å². The fraction of sp³-hybridized carbons (Fsp3) is 0.429. The van der Waals surface area contributed by atoms with Gasteiger partial charge in [0.15, 0.2) is 0 Å². The van der Waals surface area contributed by atoms with Gasteiger partial charge in [-0.3, -0.25) is 0 Å². The summed E-state index contributed by atoms with van der Waals surface area (Å²) in [5.41, 5.74) is 8.88. The topological polar surface area (TPSA) is 77.0 Å². The van der Waals surface area contributed by atoms with Crippen LogP contribution in [0, 0.1) is 0 Å². The Morgan fingerprint density at radius 2 is 1.95 bits per heavy atom. The van der Waals surface area contributed by atoms with Crippen LogP contribution >= 0.6 is 0 Å². The third-order valence-corrected chi connectivity index (χ3v) is 3.09. The van der Waals surface area contributed by atoms with Gasteiger partial charge in [0, 0.05) is 0 Å². The smallest absolute Gasteiger partial charge is 0.0994 e. The standard InChI is InChI=1S/C14H20N4O/c1-2-3-13(15)14-9-18(17-16-14)8-11-4-6-12(10-19)7-5-11/h4-7,9,13,19H,2-3,8,10,15H2,1H3. The summed E-state index contributed by atoms with van der Waals surface area (Å²) in [5, 5.41) is 17.2. The number of benzene rings is 1. The molecule has 0 aliphatic rings. The Morgan fingerprint density at radius 3 is 2.58 bits per heavy atom. The van der Waals surface area contributed by atoms with E-state index in [-0.39, 0.29) is 12.6 Å². The molecular weight excluding hydrogens is 240 g/mol. The van der Waals surface area contributed by atoms with E-state index in [0.29, 0.717) is 6.54 Å². The molecule has 5 nitrogen and oxygen atoms in total. The molecule has 0 fully saturated rings. The van der Waals surface area contributed by atoms with Crippen LogP contribution in [-0.2, 0) is 13.2 Å². The zero-order chi connectivity index (χ0) is 13.7. The lowest BCUT2D eigenvalue weighted by Gasteiger charge is -2.05. The van der Waals surface area contributed by atoms with Gasteiger partial charge in [-0.25, -0.2) is 4.68 Å². The molecule has 0 bridgehead atoms. The summed E-state index contributed by atoms with van der Waals surface area (Å²) in [6.45, 7) is 2.84. The monoisotopic (exact) mass is 260 g/mol. The number of nitrogens with two attached hydrogens (primary N) is 1. The van der Waals surface area contributed by atoms with Crippen molar-refractivity contribution in [1.82, 2.24) is 15.0 Å². The fourth-order valence-electron chi connectivity index (χ4n) is 1.96. The maximum absolute atomic E-state index is 8.99. The van der Waals surface area contributed by atoms with Gasteiger partial charge in [0.1, 0.15) is 0 Å². The summed E-state index contributed by atoms with van der Waals surface area (Å²) >= 11 is 0. The molecule has 19 heavy (non-hydrogen) atoms. The molecular formula is C14H20N4O. The molecule has 102 valence electrons. The van der Waals surface area contributed by atoms with E-state index in [4.69, 9.17) is 10.8 Å². The van der Waals surface area contributed by atoms with Gasteiger partial charge in [-0.2, -0.15) is 0 Å². The first kappa shape index (κ1) is 13.7. The molecule has 1 aromatic heterocycles. The first-order valence-corrected chi connectivity index (χ1v) is 6.57. The van der Waals surface area contributed by atoms with Crippen molar-refractivity contribution in [2.24, 2.45) is 5.73 Å². The van der Waals surface area contributed by atoms with Crippen LogP contribution in [0.15, 0.2) is 30.5 Å². The number of aliphatic hydroxyl groups is 1. The lowest BCUT2D eigenvalue weighted by molar-refractivity contribution is 0.282. The summed E-state index contributed by atoms with van der Waals surface area (Å²) in [6.07, 6.45) is 3.86. The molecule has 0 saturated carbocycles. The molecule has 1 atom stereocenters. The Labute approximate surface area is 113 Å². The van der Waals surface area contributed by atoms with Crippen molar-refractivity contribution in [3.63, 3.8) is 0 Å². The average molecular weight is 260 g/mol. The minimum absolute atomic E-state index is 0.0319. The van der Waals surface area contributed by atoms with E-state index in [1.165, 1.54) is 0 Å². The predicted octanol–water partition coefficient (Wildman–Crippen LogP) is 1.62. The lowest BCUT2D eigenvalue weighted by Crippen LogP contribution is -2.10. The highest BCUT2D eigenvalue weighted by Gasteiger charge is 2.09. The Bertz CT molecular complexity index is 506. The van der Waals surface area contributed by atoms with Crippen LogP contribution in [0.25, 0.3) is 0 Å². The number of hydrogen-bond acceptors (Lipinski definition) is 4. The van der Waals surface area contributed by atoms with Crippen LogP contribution in [0.3, 0.4) is 0 Å². The van der Waals surface area contributed by atoms with Gasteiger partial charge >= 0.3 is 0 Å². The normalized spacial score (nSPS) is 12.6. The van der Waals surface area contributed by atoms with E-state index in [9.17, 15) is 0 Å². The van der Waals surface area contributed by atoms with Crippen LogP contribution in [0.1, 0.15) is 42.6 Å². The van der Waals surface area contributed by atoms with Crippen molar-refractivity contribution in [3.8, 4) is 0 Å². The third kappa shape index (κ3) is 3.62. The SMILES string of the molecule is CCCC(N)c1cn(Cc2ccc(CO)cc2)nn1. The highest BCUT2D eigenvalue weighted by atomic mass is 16.3. The number of aromatic nitrogens is 3. The Balaban J connectivity index is 2.02. The van der Waals surface area contributed by atoms with Crippen LogP contribution in [0.2, 0.25) is 0 Å². The van der Waals surface area contributed by atoms with Gasteiger partial charge in [-0.15, -0.1) is 5.10 Å². The predicted molar refractivity (Wildman–Crippen MR) is 73.3 cm³/mol. The molecule has 0 radical (unpaired) electrons. The molecule has 0 saturated heterocycles. The van der Waals surface area contributed by atoms with Crippen molar-refractivity contribution < 1.29 is 5.11 Å². The van der Waals surface area contributed by atoms with Crippen LogP contribution < -0.4 is 5.73 Å². The first-order chi connectivity index (χ1) is 9.22. The molecule has 0 aliphatic heterocycles. The quantitative estimate of drug-likeness (QED) is 0.827. The van der Waals surface area contributed by atoms with Crippen molar-refractivity contribution in [2.75, 3.05) is 0 Å². The second-order valence-electron chi connectivity index (χ2n) is 4.71. The minimum atomic E-state index is -0.0319. The molecule has 1 unspecified atom stereocenters. The lowest BCUT2D eigenvalue weighted by atomic mass is 10.1. The molecule has 2 aromatic rings. The largest absolute Gasteiger partial charge is 0.392 e. The van der Waals surface area contributed by atoms with E-state index in [2.05, 4.69) is 17.2 Å². The zero-order valence-corrected chi connectivity index (χ0v) is 11.2. The molecule has 0 aliphatic carbocycles. The minimum Gasteiger partial charge on any atom is -0.392 e. The van der Waals surface area contributed by atoms with Crippen LogP contribution in [-0.4, -0.2) is 20.1 Å². The van der Waals surface area contributed by atoms with Crippen LogP contribution in [0.5, 0.6) is 0 Å². The summed E-state index contributed by atoms with van der Waals surface area (Å²) in [5.74, 6) is 0. The van der Waals surface area contributed by atoms with Gasteiger partial charge in [0.25, 0.3) is 0 Å². The van der Waals surface area contributed by atoms with E-state index < -0.39 is 0 Å². The molecule has 1 aromatic carbocycles. The molecule has 2 rings (SSSR count). The highest BCUT2D eigenvalue weighted by Crippen LogP contribution is 2.13. The molecule has 1 heterocycles. The van der Waals surface area contributed by atoms with Gasteiger partial charge in [-0.1, -0.05) is 42.8 Å². The van der Waals surface area contributed by atoms with E-state index in [1.54, 1.807) is 4.68 Å². The Kier molecular flexibility index (Phi) is 4.65. The second kappa shape index (κ2) is 6.45. The van der Waals surface area contributed by atoms with Gasteiger partial charge in [0.2, 0.25) is 0 Å². The zero-order valence-electron chi connectivity index (χ0n) is 11.2. The van der Waals surface area contributed by atoms with E-state index in [1.807, 2.05) is 30.5 Å².